The summed E-state index contributed by atoms with van der Waals surface area (Å²) in [6.07, 6.45) is 0. The summed E-state index contributed by atoms with van der Waals surface area (Å²) < 4.78 is 42.7. The van der Waals surface area contributed by atoms with Crippen molar-refractivity contribution in [3.05, 3.63) is 0 Å². The lowest BCUT2D eigenvalue weighted by Crippen LogP contribution is -2.60. The molecule has 116 valence electrons. The molecule has 0 radical (unpaired) electrons. The largest absolute Gasteiger partial charge is 0.680 e. The van der Waals surface area contributed by atoms with E-state index in [1.807, 2.05) is 0 Å². The first-order valence-electron chi connectivity index (χ1n) is 5.49. The highest BCUT2D eigenvalue weighted by molar-refractivity contribution is 6.55. The predicted molar refractivity (Wildman–Crippen MR) is 74.1 cm³/mol. The third kappa shape index (κ3) is 5.31. The molecule has 0 N–H and O–H groups in total. The molecule has 11 heteroatoms. The molecule has 0 unspecified atom stereocenters. The van der Waals surface area contributed by atoms with Crippen LogP contribution in [0.3, 0.4) is 0 Å². The second kappa shape index (κ2) is 7.94. The smallest absolute Gasteiger partial charge is 0.355 e. The van der Waals surface area contributed by atoms with Crippen molar-refractivity contribution in [2.24, 2.45) is 0 Å². The molecular weight excluding hydrogens is 308 g/mol. The molecule has 0 saturated heterocycles. The maximum absolute atomic E-state index is 5.74. The molecule has 0 rings (SSSR count). The van der Waals surface area contributed by atoms with Crippen molar-refractivity contribution in [1.82, 2.24) is 0 Å². The highest BCUT2D eigenvalue weighted by Crippen LogP contribution is 2.23. The average molecular weight is 333 g/mol. The maximum atomic E-state index is 5.74. The Labute approximate surface area is 119 Å². The SMILES string of the molecule is CO[Si](OC)(OC)OC(C)([SiH3])O[Si](OC)(OC)OC. The van der Waals surface area contributed by atoms with Gasteiger partial charge in [0.1, 0.15) is 5.41 Å². The lowest BCUT2D eigenvalue weighted by Gasteiger charge is -2.37. The second-order valence-corrected chi connectivity index (χ2v) is 10.5. The minimum atomic E-state index is -3.23. The Bertz CT molecular complexity index is 216. The zero-order chi connectivity index (χ0) is 15.2. The number of rotatable bonds is 10. The first-order chi connectivity index (χ1) is 8.78. The van der Waals surface area contributed by atoms with E-state index in [-0.39, 0.29) is 0 Å². The highest BCUT2D eigenvalue weighted by atomic mass is 28.4. The lowest BCUT2D eigenvalue weighted by atomic mass is 10.8. The van der Waals surface area contributed by atoms with Gasteiger partial charge >= 0.3 is 18.1 Å². The molecule has 0 fully saturated rings. The monoisotopic (exact) mass is 332 g/mol. The van der Waals surface area contributed by atoms with Crippen molar-refractivity contribution < 1.29 is 35.4 Å². The summed E-state index contributed by atoms with van der Waals surface area (Å²) in [4.78, 5) is 0. The van der Waals surface area contributed by atoms with E-state index >= 15 is 0 Å². The van der Waals surface area contributed by atoms with Crippen LogP contribution >= 0.6 is 0 Å². The van der Waals surface area contributed by atoms with E-state index in [2.05, 4.69) is 0 Å². The van der Waals surface area contributed by atoms with Crippen molar-refractivity contribution in [3.63, 3.8) is 0 Å². The minimum absolute atomic E-state index is 0.482. The maximum Gasteiger partial charge on any atom is 0.680 e. The quantitative estimate of drug-likeness (QED) is 0.365. The van der Waals surface area contributed by atoms with Gasteiger partial charge in [0.2, 0.25) is 0 Å². The Morgan fingerprint density at radius 3 is 1.00 bits per heavy atom. The van der Waals surface area contributed by atoms with Crippen LogP contribution < -0.4 is 0 Å². The molecule has 0 aromatic carbocycles. The molecule has 0 aliphatic heterocycles. The third-order valence-corrected chi connectivity index (χ3v) is 7.95. The Morgan fingerprint density at radius 2 is 0.842 bits per heavy atom. The summed E-state index contributed by atoms with van der Waals surface area (Å²) in [6, 6.07) is 0. The van der Waals surface area contributed by atoms with Gasteiger partial charge in [0, 0.05) is 42.7 Å². The lowest BCUT2D eigenvalue weighted by molar-refractivity contribution is -0.155. The Balaban J connectivity index is 4.96. The van der Waals surface area contributed by atoms with E-state index in [9.17, 15) is 0 Å². The van der Waals surface area contributed by atoms with Gasteiger partial charge in [-0.05, 0) is 6.92 Å². The fourth-order valence-electron chi connectivity index (χ4n) is 1.37. The molecule has 0 aromatic rings. The first kappa shape index (κ1) is 19.3. The van der Waals surface area contributed by atoms with Gasteiger partial charge < -0.3 is 35.4 Å². The normalized spacial score (nSPS) is 14.1. The van der Waals surface area contributed by atoms with E-state index < -0.39 is 23.5 Å². The van der Waals surface area contributed by atoms with E-state index in [1.54, 1.807) is 6.92 Å². The molecule has 0 spiro atoms. The van der Waals surface area contributed by atoms with Crippen LogP contribution in [-0.2, 0) is 35.4 Å². The molecule has 0 atom stereocenters. The van der Waals surface area contributed by atoms with E-state index in [4.69, 9.17) is 35.4 Å². The Morgan fingerprint density at radius 1 is 0.632 bits per heavy atom. The second-order valence-electron chi connectivity index (χ2n) is 3.83. The molecular formula is C8H24O8Si3. The summed E-state index contributed by atoms with van der Waals surface area (Å²) in [5.41, 5.74) is -1.01. The molecule has 0 aliphatic carbocycles. The number of hydrogen-bond donors (Lipinski definition) is 0. The van der Waals surface area contributed by atoms with Crippen LogP contribution in [0.1, 0.15) is 6.92 Å². The van der Waals surface area contributed by atoms with Crippen LogP contribution in [0.4, 0.5) is 0 Å². The van der Waals surface area contributed by atoms with Gasteiger partial charge in [-0.1, -0.05) is 0 Å². The van der Waals surface area contributed by atoms with Gasteiger partial charge in [-0.2, -0.15) is 0 Å². The summed E-state index contributed by atoms with van der Waals surface area (Å²) in [7, 11) is 2.72. The topological polar surface area (TPSA) is 73.8 Å². The van der Waals surface area contributed by atoms with E-state index in [0.29, 0.717) is 10.2 Å². The van der Waals surface area contributed by atoms with Gasteiger partial charge in [-0.15, -0.1) is 0 Å². The number of hydrogen-bond acceptors (Lipinski definition) is 8. The highest BCUT2D eigenvalue weighted by Gasteiger charge is 2.53. The molecule has 8 nitrogen and oxygen atoms in total. The molecule has 19 heavy (non-hydrogen) atoms. The van der Waals surface area contributed by atoms with Crippen molar-refractivity contribution >= 4 is 28.3 Å². The summed E-state index contributed by atoms with van der Waals surface area (Å²) in [5.74, 6) is 0. The Kier molecular flexibility index (Phi) is 8.08. The molecule has 0 heterocycles. The van der Waals surface area contributed by atoms with Gasteiger partial charge in [-0.25, -0.2) is 0 Å². The van der Waals surface area contributed by atoms with E-state index in [1.165, 1.54) is 42.7 Å². The van der Waals surface area contributed by atoms with E-state index in [0.717, 1.165) is 0 Å². The summed E-state index contributed by atoms with van der Waals surface area (Å²) >= 11 is 0. The van der Waals surface area contributed by atoms with Crippen molar-refractivity contribution in [2.45, 2.75) is 12.3 Å². The van der Waals surface area contributed by atoms with Crippen molar-refractivity contribution in [1.29, 1.82) is 0 Å². The zero-order valence-corrected chi connectivity index (χ0v) is 16.8. The average Bonchev–Trinajstić information content (AvgIpc) is 2.42. The molecule has 0 aliphatic rings. The third-order valence-electron chi connectivity index (χ3n) is 2.24. The summed E-state index contributed by atoms with van der Waals surface area (Å²) in [5, 5.41) is 0. The first-order valence-corrected chi connectivity index (χ1v) is 9.76. The summed E-state index contributed by atoms with van der Waals surface area (Å²) in [6.45, 7) is 1.72. The fraction of sp³-hybridized carbons (Fsp3) is 1.00. The fourth-order valence-corrected chi connectivity index (χ4v) is 5.74. The van der Waals surface area contributed by atoms with Gasteiger partial charge in [0.25, 0.3) is 0 Å². The Hall–Kier alpha value is 0.331. The standard InChI is InChI=1S/C8H24O8Si3/c1-8(17,15-18(9-2,10-3)11-4)16-19(12-5,13-6)14-7/h1-7,17H3. The van der Waals surface area contributed by atoms with Gasteiger partial charge in [-0.3, -0.25) is 0 Å². The predicted octanol–water partition coefficient (Wildman–Crippen LogP) is -1.19. The van der Waals surface area contributed by atoms with Crippen molar-refractivity contribution in [3.8, 4) is 0 Å². The van der Waals surface area contributed by atoms with Crippen molar-refractivity contribution in [2.75, 3.05) is 42.7 Å². The molecule has 0 saturated carbocycles. The zero-order valence-electron chi connectivity index (χ0n) is 12.8. The molecule has 0 aromatic heterocycles. The van der Waals surface area contributed by atoms with Gasteiger partial charge in [0.15, 0.2) is 0 Å². The van der Waals surface area contributed by atoms with Crippen LogP contribution in [0.15, 0.2) is 0 Å². The minimum Gasteiger partial charge on any atom is -0.355 e. The van der Waals surface area contributed by atoms with Crippen LogP contribution in [-0.4, -0.2) is 76.4 Å². The van der Waals surface area contributed by atoms with Crippen LogP contribution in [0.25, 0.3) is 0 Å². The van der Waals surface area contributed by atoms with Crippen LogP contribution in [0, 0.1) is 0 Å². The van der Waals surface area contributed by atoms with Gasteiger partial charge in [0.05, 0.1) is 10.2 Å². The molecule has 0 bridgehead atoms. The molecule has 0 amide bonds. The van der Waals surface area contributed by atoms with Crippen LogP contribution in [0.2, 0.25) is 0 Å². The van der Waals surface area contributed by atoms with Crippen LogP contribution in [0.5, 0.6) is 0 Å².